The topological polar surface area (TPSA) is 35.0 Å². The smallest absolute Gasteiger partial charge is 0.241 e. The lowest BCUT2D eigenvalue weighted by molar-refractivity contribution is 0.296. The molecule has 0 fully saturated rings. The van der Waals surface area contributed by atoms with Crippen molar-refractivity contribution in [2.24, 2.45) is 0 Å². The Hall–Kier alpha value is -2.94. The van der Waals surface area contributed by atoms with Crippen molar-refractivity contribution < 1.29 is 4.74 Å². The number of hydrogen-bond donors (Lipinski definition) is 0. The third kappa shape index (κ3) is 2.27. The van der Waals surface area contributed by atoms with E-state index in [1.807, 2.05) is 36.4 Å². The van der Waals surface area contributed by atoms with Gasteiger partial charge in [0.1, 0.15) is 6.61 Å². The third-order valence-electron chi connectivity index (χ3n) is 3.78. The fourth-order valence-electron chi connectivity index (χ4n) is 2.67. The molecule has 0 aliphatic carbocycles. The van der Waals surface area contributed by atoms with E-state index in [-0.39, 0.29) is 0 Å². The maximum Gasteiger partial charge on any atom is 0.241 e. The maximum absolute atomic E-state index is 5.94. The Morgan fingerprint density at radius 3 is 2.36 bits per heavy atom. The van der Waals surface area contributed by atoms with Crippen molar-refractivity contribution in [1.82, 2.24) is 10.2 Å². The molecule has 0 bridgehead atoms. The molecule has 0 aliphatic rings. The summed E-state index contributed by atoms with van der Waals surface area (Å²) in [4.78, 5) is 0. The van der Waals surface area contributed by atoms with E-state index in [4.69, 9.17) is 4.74 Å². The molecule has 3 heteroatoms. The molecule has 0 amide bonds. The predicted octanol–water partition coefficient (Wildman–Crippen LogP) is 4.36. The second-order valence-corrected chi connectivity index (χ2v) is 5.16. The Morgan fingerprint density at radius 1 is 0.727 bits per heavy atom. The molecule has 0 atom stereocenters. The number of benzene rings is 3. The highest BCUT2D eigenvalue weighted by molar-refractivity contribution is 5.86. The van der Waals surface area contributed by atoms with Crippen molar-refractivity contribution in [2.75, 3.05) is 0 Å². The van der Waals surface area contributed by atoms with Crippen molar-refractivity contribution in [3.8, 4) is 5.88 Å². The van der Waals surface area contributed by atoms with Gasteiger partial charge in [-0.25, -0.2) is 0 Å². The molecule has 1 aromatic heterocycles. The molecule has 0 spiro atoms. The van der Waals surface area contributed by atoms with E-state index in [1.54, 1.807) is 6.20 Å². The monoisotopic (exact) mass is 286 g/mol. The summed E-state index contributed by atoms with van der Waals surface area (Å²) in [5.74, 6) is 0.575. The molecule has 0 saturated heterocycles. The first-order chi connectivity index (χ1) is 10.9. The van der Waals surface area contributed by atoms with Gasteiger partial charge >= 0.3 is 0 Å². The Bertz CT molecular complexity index is 860. The van der Waals surface area contributed by atoms with Crippen LogP contribution < -0.4 is 4.74 Å². The van der Waals surface area contributed by atoms with Crippen molar-refractivity contribution in [1.29, 1.82) is 0 Å². The zero-order valence-corrected chi connectivity index (χ0v) is 11.9. The molecule has 0 radical (unpaired) electrons. The largest absolute Gasteiger partial charge is 0.471 e. The van der Waals surface area contributed by atoms with Crippen molar-refractivity contribution >= 4 is 21.5 Å². The van der Waals surface area contributed by atoms with Crippen molar-refractivity contribution in [2.45, 2.75) is 6.61 Å². The summed E-state index contributed by atoms with van der Waals surface area (Å²) in [6.45, 7) is 0.476. The fourth-order valence-corrected chi connectivity index (χ4v) is 2.67. The Balaban J connectivity index is 1.69. The van der Waals surface area contributed by atoms with Crippen LogP contribution in [0.4, 0.5) is 0 Å². The van der Waals surface area contributed by atoms with Gasteiger partial charge in [-0.2, -0.15) is 5.10 Å². The van der Waals surface area contributed by atoms with Gasteiger partial charge in [-0.3, -0.25) is 0 Å². The van der Waals surface area contributed by atoms with E-state index >= 15 is 0 Å². The highest BCUT2D eigenvalue weighted by Crippen LogP contribution is 2.24. The molecule has 4 aromatic rings. The number of rotatable bonds is 3. The van der Waals surface area contributed by atoms with Crippen LogP contribution in [0.15, 0.2) is 72.9 Å². The maximum atomic E-state index is 5.94. The molecule has 1 heterocycles. The van der Waals surface area contributed by atoms with Crippen LogP contribution in [-0.4, -0.2) is 10.2 Å². The standard InChI is InChI=1S/C19H14N2O/c1-3-10-17-14(6-1)8-5-9-16(17)13-22-19-18-11-4-2-7-15(18)12-20-21-19/h1-12H,13H2. The minimum atomic E-state index is 0.476. The fraction of sp³-hybridized carbons (Fsp3) is 0.0526. The molecule has 4 rings (SSSR count). The van der Waals surface area contributed by atoms with Gasteiger partial charge in [0.05, 0.1) is 6.20 Å². The Labute approximate surface area is 128 Å². The molecule has 0 N–H and O–H groups in total. The normalized spacial score (nSPS) is 10.9. The lowest BCUT2D eigenvalue weighted by Gasteiger charge is -2.09. The molecule has 0 aliphatic heterocycles. The molecule has 0 saturated carbocycles. The van der Waals surface area contributed by atoms with Crippen LogP contribution in [0.2, 0.25) is 0 Å². The number of ether oxygens (including phenoxy) is 1. The number of hydrogen-bond acceptors (Lipinski definition) is 3. The van der Waals surface area contributed by atoms with E-state index in [2.05, 4.69) is 40.5 Å². The molecule has 3 nitrogen and oxygen atoms in total. The van der Waals surface area contributed by atoms with E-state index < -0.39 is 0 Å². The van der Waals surface area contributed by atoms with Gasteiger partial charge in [0.2, 0.25) is 5.88 Å². The van der Waals surface area contributed by atoms with E-state index in [9.17, 15) is 0 Å². The summed E-state index contributed by atoms with van der Waals surface area (Å²) < 4.78 is 5.94. The first-order valence-corrected chi connectivity index (χ1v) is 7.22. The molecular weight excluding hydrogens is 272 g/mol. The molecule has 22 heavy (non-hydrogen) atoms. The summed E-state index contributed by atoms with van der Waals surface area (Å²) >= 11 is 0. The first-order valence-electron chi connectivity index (χ1n) is 7.22. The highest BCUT2D eigenvalue weighted by atomic mass is 16.5. The number of nitrogens with zero attached hydrogens (tertiary/aromatic N) is 2. The van der Waals surface area contributed by atoms with Crippen LogP contribution in [0.25, 0.3) is 21.5 Å². The molecular formula is C19H14N2O. The van der Waals surface area contributed by atoms with Crippen molar-refractivity contribution in [3.05, 3.63) is 78.5 Å². The van der Waals surface area contributed by atoms with E-state index in [1.165, 1.54) is 10.8 Å². The lowest BCUT2D eigenvalue weighted by atomic mass is 10.1. The van der Waals surface area contributed by atoms with Gasteiger partial charge in [-0.1, -0.05) is 60.7 Å². The molecule has 106 valence electrons. The summed E-state index contributed by atoms with van der Waals surface area (Å²) in [6, 6.07) is 22.5. The van der Waals surface area contributed by atoms with Gasteiger partial charge in [-0.15, -0.1) is 5.10 Å². The third-order valence-corrected chi connectivity index (χ3v) is 3.78. The summed E-state index contributed by atoms with van der Waals surface area (Å²) in [7, 11) is 0. The lowest BCUT2D eigenvalue weighted by Crippen LogP contribution is -1.99. The second-order valence-electron chi connectivity index (χ2n) is 5.16. The Morgan fingerprint density at radius 2 is 1.45 bits per heavy atom. The SMILES string of the molecule is c1ccc2c(COc3nncc4ccccc34)cccc2c1. The van der Waals surface area contributed by atoms with Crippen LogP contribution >= 0.6 is 0 Å². The number of fused-ring (bicyclic) bond motifs is 2. The average Bonchev–Trinajstić information content (AvgIpc) is 2.60. The van der Waals surface area contributed by atoms with Gasteiger partial charge in [0, 0.05) is 10.8 Å². The summed E-state index contributed by atoms with van der Waals surface area (Å²) in [6.07, 6.45) is 1.75. The van der Waals surface area contributed by atoms with Crippen LogP contribution in [-0.2, 0) is 6.61 Å². The van der Waals surface area contributed by atoms with Crippen LogP contribution in [0.1, 0.15) is 5.56 Å². The van der Waals surface area contributed by atoms with Gasteiger partial charge < -0.3 is 4.74 Å². The minimum Gasteiger partial charge on any atom is -0.471 e. The van der Waals surface area contributed by atoms with Gasteiger partial charge in [-0.05, 0) is 22.4 Å². The summed E-state index contributed by atoms with van der Waals surface area (Å²) in [5, 5.41) is 12.6. The van der Waals surface area contributed by atoms with Crippen LogP contribution in [0, 0.1) is 0 Å². The first kappa shape index (κ1) is 12.8. The predicted molar refractivity (Wildman–Crippen MR) is 87.8 cm³/mol. The van der Waals surface area contributed by atoms with Gasteiger partial charge in [0.15, 0.2) is 0 Å². The highest BCUT2D eigenvalue weighted by Gasteiger charge is 2.06. The quantitative estimate of drug-likeness (QED) is 0.561. The van der Waals surface area contributed by atoms with Crippen LogP contribution in [0.5, 0.6) is 5.88 Å². The number of aromatic nitrogens is 2. The summed E-state index contributed by atoms with van der Waals surface area (Å²) in [5.41, 5.74) is 1.15. The average molecular weight is 286 g/mol. The van der Waals surface area contributed by atoms with Gasteiger partial charge in [0.25, 0.3) is 0 Å². The van der Waals surface area contributed by atoms with Crippen molar-refractivity contribution in [3.63, 3.8) is 0 Å². The zero-order valence-electron chi connectivity index (χ0n) is 11.9. The molecule has 0 unspecified atom stereocenters. The second kappa shape index (κ2) is 5.45. The van der Waals surface area contributed by atoms with E-state index in [0.717, 1.165) is 16.3 Å². The van der Waals surface area contributed by atoms with Crippen LogP contribution in [0.3, 0.4) is 0 Å². The molecule has 3 aromatic carbocycles. The zero-order chi connectivity index (χ0) is 14.8. The Kier molecular flexibility index (Phi) is 3.16. The minimum absolute atomic E-state index is 0.476. The van der Waals surface area contributed by atoms with E-state index in [0.29, 0.717) is 12.5 Å².